The Hall–Kier alpha value is -1.64. The first kappa shape index (κ1) is 10.5. The number of carbonyl (C=O) groups excluding carboxylic acids is 1. The van der Waals surface area contributed by atoms with E-state index in [4.69, 9.17) is 0 Å². The minimum absolute atomic E-state index is 0.142. The van der Waals surface area contributed by atoms with Gasteiger partial charge in [-0.15, -0.1) is 0 Å². The molecular formula is C14H16N2O. The van der Waals surface area contributed by atoms with Crippen LogP contribution in [-0.2, 0) is 0 Å². The van der Waals surface area contributed by atoms with Crippen LogP contribution in [0.5, 0.6) is 0 Å². The topological polar surface area (TPSA) is 32.7 Å². The Labute approximate surface area is 101 Å². The summed E-state index contributed by atoms with van der Waals surface area (Å²) in [5.74, 6) is 0.142. The number of benzene rings is 1. The normalized spacial score (nSPS) is 22.4. The Kier molecular flexibility index (Phi) is 2.28. The third-order valence-corrected chi connectivity index (χ3v) is 3.79. The van der Waals surface area contributed by atoms with Crippen molar-refractivity contribution >= 4 is 17.8 Å². The van der Waals surface area contributed by atoms with E-state index >= 15 is 0 Å². The number of rotatable bonds is 0. The van der Waals surface area contributed by atoms with Crippen LogP contribution in [0.15, 0.2) is 17.1 Å². The monoisotopic (exact) mass is 228 g/mol. The van der Waals surface area contributed by atoms with Crippen LogP contribution < -0.4 is 0 Å². The highest BCUT2D eigenvalue weighted by Crippen LogP contribution is 2.30. The molecule has 1 saturated heterocycles. The van der Waals surface area contributed by atoms with Gasteiger partial charge in [-0.25, -0.2) is 0 Å². The molecule has 0 bridgehead atoms. The maximum atomic E-state index is 12.4. The van der Waals surface area contributed by atoms with Gasteiger partial charge in [-0.05, 0) is 49.9 Å². The van der Waals surface area contributed by atoms with E-state index < -0.39 is 0 Å². The van der Waals surface area contributed by atoms with Gasteiger partial charge in [-0.2, -0.15) is 0 Å². The van der Waals surface area contributed by atoms with Crippen LogP contribution in [0, 0.1) is 13.8 Å². The molecule has 2 aliphatic heterocycles. The van der Waals surface area contributed by atoms with E-state index in [9.17, 15) is 4.79 Å². The fourth-order valence-electron chi connectivity index (χ4n) is 2.60. The van der Waals surface area contributed by atoms with Crippen molar-refractivity contribution in [2.24, 2.45) is 4.99 Å². The van der Waals surface area contributed by atoms with Gasteiger partial charge in [0.25, 0.3) is 5.91 Å². The number of fused-ring (bicyclic) bond motifs is 2. The van der Waals surface area contributed by atoms with E-state index in [-0.39, 0.29) is 11.9 Å². The molecule has 0 spiro atoms. The Morgan fingerprint density at radius 2 is 2.06 bits per heavy atom. The molecule has 0 saturated carbocycles. The van der Waals surface area contributed by atoms with Gasteiger partial charge in [0.2, 0.25) is 0 Å². The van der Waals surface area contributed by atoms with Gasteiger partial charge in [0.1, 0.15) is 0 Å². The first-order chi connectivity index (χ1) is 8.16. The Morgan fingerprint density at radius 1 is 1.29 bits per heavy atom. The zero-order valence-electron chi connectivity index (χ0n) is 10.2. The summed E-state index contributed by atoms with van der Waals surface area (Å²) < 4.78 is 0. The third-order valence-electron chi connectivity index (χ3n) is 3.79. The molecule has 88 valence electrons. The van der Waals surface area contributed by atoms with Crippen LogP contribution >= 0.6 is 0 Å². The van der Waals surface area contributed by atoms with Crippen molar-refractivity contribution in [3.8, 4) is 0 Å². The second-order valence-electron chi connectivity index (χ2n) is 4.94. The molecular weight excluding hydrogens is 212 g/mol. The Balaban J connectivity index is 2.15. The van der Waals surface area contributed by atoms with Crippen LogP contribution in [0.2, 0.25) is 0 Å². The summed E-state index contributed by atoms with van der Waals surface area (Å²) >= 11 is 0. The van der Waals surface area contributed by atoms with Gasteiger partial charge in [0.15, 0.2) is 0 Å². The van der Waals surface area contributed by atoms with E-state index in [0.29, 0.717) is 0 Å². The van der Waals surface area contributed by atoms with E-state index in [0.717, 1.165) is 36.2 Å². The second-order valence-corrected chi connectivity index (χ2v) is 4.94. The van der Waals surface area contributed by atoms with Gasteiger partial charge in [-0.3, -0.25) is 9.79 Å². The first-order valence-electron chi connectivity index (χ1n) is 6.13. The van der Waals surface area contributed by atoms with Crippen LogP contribution in [0.1, 0.15) is 34.3 Å². The Morgan fingerprint density at radius 3 is 2.88 bits per heavy atom. The van der Waals surface area contributed by atoms with Crippen molar-refractivity contribution in [2.45, 2.75) is 32.7 Å². The van der Waals surface area contributed by atoms with Crippen LogP contribution in [0.25, 0.3) is 0 Å². The van der Waals surface area contributed by atoms with Crippen molar-refractivity contribution in [3.63, 3.8) is 0 Å². The molecule has 1 aromatic carbocycles. The average Bonchev–Trinajstić information content (AvgIpc) is 2.73. The summed E-state index contributed by atoms with van der Waals surface area (Å²) in [6, 6.07) is 4.20. The lowest BCUT2D eigenvalue weighted by Crippen LogP contribution is -2.35. The summed E-state index contributed by atoms with van der Waals surface area (Å²) in [6.45, 7) is 4.96. The first-order valence-corrected chi connectivity index (χ1v) is 6.13. The SMILES string of the molecule is Cc1cc2c(cc1C)C(=O)N1CCC[C@H]1C=N2. The molecule has 2 aliphatic rings. The van der Waals surface area contributed by atoms with E-state index in [1.807, 2.05) is 30.2 Å². The molecule has 17 heavy (non-hydrogen) atoms. The molecule has 1 atom stereocenters. The molecule has 0 radical (unpaired) electrons. The molecule has 3 rings (SSSR count). The van der Waals surface area contributed by atoms with Crippen molar-refractivity contribution in [2.75, 3.05) is 6.54 Å². The summed E-state index contributed by atoms with van der Waals surface area (Å²) in [5.41, 5.74) is 3.93. The lowest BCUT2D eigenvalue weighted by Gasteiger charge is -2.20. The van der Waals surface area contributed by atoms with Gasteiger partial charge < -0.3 is 4.90 Å². The maximum absolute atomic E-state index is 12.4. The van der Waals surface area contributed by atoms with Gasteiger partial charge in [-0.1, -0.05) is 0 Å². The molecule has 0 unspecified atom stereocenters. The lowest BCUT2D eigenvalue weighted by molar-refractivity contribution is 0.0775. The number of nitrogens with zero attached hydrogens (tertiary/aromatic N) is 2. The number of hydrogen-bond donors (Lipinski definition) is 0. The molecule has 0 aliphatic carbocycles. The summed E-state index contributed by atoms with van der Waals surface area (Å²) in [6.07, 6.45) is 4.06. The second kappa shape index (κ2) is 3.69. The minimum Gasteiger partial charge on any atom is -0.331 e. The molecule has 0 N–H and O–H groups in total. The van der Waals surface area contributed by atoms with Gasteiger partial charge in [0.05, 0.1) is 17.3 Å². The summed E-state index contributed by atoms with van der Waals surface area (Å²) in [7, 11) is 0. The molecule has 1 amide bonds. The predicted molar refractivity (Wildman–Crippen MR) is 68.1 cm³/mol. The van der Waals surface area contributed by atoms with Crippen molar-refractivity contribution in [3.05, 3.63) is 28.8 Å². The van der Waals surface area contributed by atoms with Gasteiger partial charge in [0, 0.05) is 12.8 Å². The van der Waals surface area contributed by atoms with Crippen molar-refractivity contribution in [1.29, 1.82) is 0 Å². The fourth-order valence-corrected chi connectivity index (χ4v) is 2.60. The highest BCUT2D eigenvalue weighted by Gasteiger charge is 2.31. The predicted octanol–water partition coefficient (Wildman–Crippen LogP) is 2.62. The number of aliphatic imine (C=N–C) groups is 1. The summed E-state index contributed by atoms with van der Waals surface area (Å²) in [5, 5.41) is 0. The molecule has 3 heteroatoms. The zero-order chi connectivity index (χ0) is 12.0. The Bertz CT molecular complexity index is 519. The molecule has 1 aromatic rings. The number of carbonyl (C=O) groups is 1. The zero-order valence-corrected chi connectivity index (χ0v) is 10.2. The molecule has 1 fully saturated rings. The van der Waals surface area contributed by atoms with Crippen LogP contribution in [0.4, 0.5) is 5.69 Å². The number of aryl methyl sites for hydroxylation is 2. The van der Waals surface area contributed by atoms with E-state index in [2.05, 4.69) is 11.9 Å². The lowest BCUT2D eigenvalue weighted by atomic mass is 10.0. The van der Waals surface area contributed by atoms with Gasteiger partial charge >= 0.3 is 0 Å². The van der Waals surface area contributed by atoms with Crippen LogP contribution in [0.3, 0.4) is 0 Å². The third kappa shape index (κ3) is 1.57. The average molecular weight is 228 g/mol. The van der Waals surface area contributed by atoms with E-state index in [1.54, 1.807) is 0 Å². The number of hydrogen-bond acceptors (Lipinski definition) is 2. The smallest absolute Gasteiger partial charge is 0.256 e. The largest absolute Gasteiger partial charge is 0.331 e. The fraction of sp³-hybridized carbons (Fsp3) is 0.429. The van der Waals surface area contributed by atoms with Crippen molar-refractivity contribution < 1.29 is 4.79 Å². The minimum atomic E-state index is 0.142. The maximum Gasteiger partial charge on any atom is 0.256 e. The quantitative estimate of drug-likeness (QED) is 0.672. The number of amides is 1. The van der Waals surface area contributed by atoms with Crippen LogP contribution in [-0.4, -0.2) is 29.6 Å². The van der Waals surface area contributed by atoms with E-state index in [1.165, 1.54) is 5.56 Å². The molecule has 0 aromatic heterocycles. The highest BCUT2D eigenvalue weighted by atomic mass is 16.2. The highest BCUT2D eigenvalue weighted by molar-refractivity contribution is 6.03. The summed E-state index contributed by atoms with van der Waals surface area (Å²) in [4.78, 5) is 18.9. The molecule has 2 heterocycles. The standard InChI is InChI=1S/C14H16N2O/c1-9-6-12-13(7-10(9)2)15-8-11-4-3-5-16(11)14(12)17/h6-8,11H,3-5H2,1-2H3/t11-/m0/s1. The molecule has 3 nitrogen and oxygen atoms in total. The van der Waals surface area contributed by atoms with Crippen molar-refractivity contribution in [1.82, 2.24) is 4.90 Å².